The summed E-state index contributed by atoms with van der Waals surface area (Å²) in [5, 5.41) is 3.35. The topological polar surface area (TPSA) is 39.1 Å². The third kappa shape index (κ3) is 2.82. The molecule has 4 heteroatoms. The fourth-order valence-electron chi connectivity index (χ4n) is 1.42. The van der Waals surface area contributed by atoms with Gasteiger partial charge in [-0.2, -0.15) is 0 Å². The molecule has 14 heavy (non-hydrogen) atoms. The second-order valence-electron chi connectivity index (χ2n) is 3.17. The van der Waals surface area contributed by atoms with Crippen LogP contribution in [0.3, 0.4) is 0 Å². The van der Waals surface area contributed by atoms with Crippen molar-refractivity contribution in [1.29, 1.82) is 0 Å². The van der Waals surface area contributed by atoms with E-state index < -0.39 is 0 Å². The molecule has 0 radical (unpaired) electrons. The van der Waals surface area contributed by atoms with Crippen LogP contribution >= 0.6 is 0 Å². The lowest BCUT2D eigenvalue weighted by atomic mass is 10.3. The maximum Gasteiger partial charge on any atom is 0.127 e. The quantitative estimate of drug-likeness (QED) is 0.742. The van der Waals surface area contributed by atoms with Crippen LogP contribution in [0.5, 0.6) is 0 Å². The SMILES string of the molecule is CCNC(COCC)c1nccn1C. The van der Waals surface area contributed by atoms with Gasteiger partial charge in [0.2, 0.25) is 0 Å². The molecule has 1 N–H and O–H groups in total. The van der Waals surface area contributed by atoms with Gasteiger partial charge in [0.15, 0.2) is 0 Å². The average Bonchev–Trinajstić information content (AvgIpc) is 2.59. The number of hydrogen-bond donors (Lipinski definition) is 1. The summed E-state index contributed by atoms with van der Waals surface area (Å²) in [6, 6.07) is 0.194. The molecule has 1 atom stereocenters. The van der Waals surface area contributed by atoms with Gasteiger partial charge in [-0.25, -0.2) is 4.98 Å². The van der Waals surface area contributed by atoms with Crippen molar-refractivity contribution < 1.29 is 4.74 Å². The summed E-state index contributed by atoms with van der Waals surface area (Å²) in [5.41, 5.74) is 0. The zero-order valence-electron chi connectivity index (χ0n) is 9.16. The lowest BCUT2D eigenvalue weighted by molar-refractivity contribution is 0.120. The number of nitrogens with zero attached hydrogens (tertiary/aromatic N) is 2. The van der Waals surface area contributed by atoms with Crippen molar-refractivity contribution in [3.63, 3.8) is 0 Å². The van der Waals surface area contributed by atoms with E-state index in [2.05, 4.69) is 17.2 Å². The number of nitrogens with one attached hydrogen (secondary N) is 1. The van der Waals surface area contributed by atoms with Gasteiger partial charge >= 0.3 is 0 Å². The summed E-state index contributed by atoms with van der Waals surface area (Å²) >= 11 is 0. The molecule has 1 rings (SSSR count). The second kappa shape index (κ2) is 5.78. The minimum absolute atomic E-state index is 0.194. The third-order valence-corrected chi connectivity index (χ3v) is 2.11. The van der Waals surface area contributed by atoms with E-state index in [4.69, 9.17) is 4.74 Å². The van der Waals surface area contributed by atoms with Crippen molar-refractivity contribution in [3.05, 3.63) is 18.2 Å². The molecule has 0 amide bonds. The molecule has 1 aromatic heterocycles. The molecule has 1 unspecified atom stereocenters. The monoisotopic (exact) mass is 197 g/mol. The molecule has 80 valence electrons. The lowest BCUT2D eigenvalue weighted by Crippen LogP contribution is -2.27. The van der Waals surface area contributed by atoms with Gasteiger partial charge in [0.25, 0.3) is 0 Å². The Bertz CT molecular complexity index is 260. The molecule has 0 aliphatic rings. The van der Waals surface area contributed by atoms with Crippen molar-refractivity contribution in [3.8, 4) is 0 Å². The van der Waals surface area contributed by atoms with E-state index in [1.165, 1.54) is 0 Å². The molecule has 0 saturated heterocycles. The number of imidazole rings is 1. The molecule has 1 heterocycles. The van der Waals surface area contributed by atoms with E-state index in [0.29, 0.717) is 6.61 Å². The Morgan fingerprint density at radius 2 is 2.36 bits per heavy atom. The van der Waals surface area contributed by atoms with Crippen LogP contribution in [0.25, 0.3) is 0 Å². The molecule has 0 aromatic carbocycles. The Labute approximate surface area is 85.3 Å². The third-order valence-electron chi connectivity index (χ3n) is 2.11. The van der Waals surface area contributed by atoms with E-state index in [-0.39, 0.29) is 6.04 Å². The average molecular weight is 197 g/mol. The lowest BCUT2D eigenvalue weighted by Gasteiger charge is -2.17. The summed E-state index contributed by atoms with van der Waals surface area (Å²) in [6.45, 7) is 6.43. The van der Waals surface area contributed by atoms with Crippen molar-refractivity contribution in [2.45, 2.75) is 19.9 Å². The van der Waals surface area contributed by atoms with Gasteiger partial charge in [-0.3, -0.25) is 0 Å². The van der Waals surface area contributed by atoms with Crippen LogP contribution in [0.15, 0.2) is 12.4 Å². The molecule has 0 bridgehead atoms. The molecule has 0 aliphatic heterocycles. The molecule has 0 spiro atoms. The van der Waals surface area contributed by atoms with Gasteiger partial charge in [0.05, 0.1) is 12.6 Å². The number of aromatic nitrogens is 2. The number of rotatable bonds is 6. The minimum atomic E-state index is 0.194. The predicted molar refractivity (Wildman–Crippen MR) is 56.1 cm³/mol. The summed E-state index contributed by atoms with van der Waals surface area (Å²) in [7, 11) is 2.00. The van der Waals surface area contributed by atoms with Crippen molar-refractivity contribution in [2.75, 3.05) is 19.8 Å². The Balaban J connectivity index is 2.62. The normalized spacial score (nSPS) is 13.1. The van der Waals surface area contributed by atoms with Gasteiger partial charge in [-0.05, 0) is 13.5 Å². The number of aryl methyl sites for hydroxylation is 1. The highest BCUT2D eigenvalue weighted by atomic mass is 16.5. The Kier molecular flexibility index (Phi) is 4.62. The zero-order chi connectivity index (χ0) is 10.4. The van der Waals surface area contributed by atoms with Crippen LogP contribution in [0, 0.1) is 0 Å². The molecular formula is C10H19N3O. The predicted octanol–water partition coefficient (Wildman–Crippen LogP) is 1.11. The van der Waals surface area contributed by atoms with E-state index >= 15 is 0 Å². The van der Waals surface area contributed by atoms with Crippen LogP contribution in [0.4, 0.5) is 0 Å². The highest BCUT2D eigenvalue weighted by Crippen LogP contribution is 2.09. The van der Waals surface area contributed by atoms with Crippen LogP contribution in [-0.4, -0.2) is 29.3 Å². The molecule has 1 aromatic rings. The van der Waals surface area contributed by atoms with Gasteiger partial charge in [0, 0.05) is 26.0 Å². The van der Waals surface area contributed by atoms with Crippen LogP contribution in [0.1, 0.15) is 25.7 Å². The van der Waals surface area contributed by atoms with Gasteiger partial charge in [-0.1, -0.05) is 6.92 Å². The highest BCUT2D eigenvalue weighted by Gasteiger charge is 2.14. The fraction of sp³-hybridized carbons (Fsp3) is 0.700. The van der Waals surface area contributed by atoms with Crippen molar-refractivity contribution >= 4 is 0 Å². The van der Waals surface area contributed by atoms with E-state index in [0.717, 1.165) is 19.0 Å². The van der Waals surface area contributed by atoms with Gasteiger partial charge in [-0.15, -0.1) is 0 Å². The molecule has 0 saturated carbocycles. The number of ether oxygens (including phenoxy) is 1. The Morgan fingerprint density at radius 1 is 1.57 bits per heavy atom. The smallest absolute Gasteiger partial charge is 0.127 e. The van der Waals surface area contributed by atoms with Crippen molar-refractivity contribution in [2.24, 2.45) is 7.05 Å². The van der Waals surface area contributed by atoms with E-state index in [9.17, 15) is 0 Å². The van der Waals surface area contributed by atoms with E-state index in [1.54, 1.807) is 0 Å². The number of likely N-dealkylation sites (N-methyl/N-ethyl adjacent to an activating group) is 1. The summed E-state index contributed by atoms with van der Waals surface area (Å²) in [5.74, 6) is 1.03. The standard InChI is InChI=1S/C10H19N3O/c1-4-11-9(8-14-5-2)10-12-6-7-13(10)3/h6-7,9,11H,4-5,8H2,1-3H3. The highest BCUT2D eigenvalue weighted by molar-refractivity contribution is 4.98. The summed E-state index contributed by atoms with van der Waals surface area (Å²) in [4.78, 5) is 4.31. The second-order valence-corrected chi connectivity index (χ2v) is 3.17. The fourth-order valence-corrected chi connectivity index (χ4v) is 1.42. The maximum atomic E-state index is 5.41. The Morgan fingerprint density at radius 3 is 2.86 bits per heavy atom. The van der Waals surface area contributed by atoms with Crippen LogP contribution in [0.2, 0.25) is 0 Å². The van der Waals surface area contributed by atoms with Crippen molar-refractivity contribution in [1.82, 2.24) is 14.9 Å². The molecule has 0 fully saturated rings. The first-order valence-electron chi connectivity index (χ1n) is 5.07. The molecular weight excluding hydrogens is 178 g/mol. The van der Waals surface area contributed by atoms with Crippen LogP contribution in [-0.2, 0) is 11.8 Å². The minimum Gasteiger partial charge on any atom is -0.380 e. The summed E-state index contributed by atoms with van der Waals surface area (Å²) in [6.07, 6.45) is 3.76. The number of hydrogen-bond acceptors (Lipinski definition) is 3. The zero-order valence-corrected chi connectivity index (χ0v) is 9.16. The first-order chi connectivity index (χ1) is 6.79. The first-order valence-corrected chi connectivity index (χ1v) is 5.07. The molecule has 0 aliphatic carbocycles. The van der Waals surface area contributed by atoms with Crippen LogP contribution < -0.4 is 5.32 Å². The maximum absolute atomic E-state index is 5.41. The van der Waals surface area contributed by atoms with Gasteiger partial charge < -0.3 is 14.6 Å². The summed E-state index contributed by atoms with van der Waals surface area (Å²) < 4.78 is 7.43. The Hall–Kier alpha value is -0.870. The van der Waals surface area contributed by atoms with E-state index in [1.807, 2.05) is 30.9 Å². The molecule has 4 nitrogen and oxygen atoms in total. The van der Waals surface area contributed by atoms with Gasteiger partial charge in [0.1, 0.15) is 5.82 Å². The first kappa shape index (κ1) is 11.2. The largest absolute Gasteiger partial charge is 0.380 e.